The number of hydrogen-bond donors (Lipinski definition) is 2. The first-order chi connectivity index (χ1) is 13.8. The molecule has 1 unspecified atom stereocenters. The van der Waals surface area contributed by atoms with Crippen LogP contribution in [0.4, 0.5) is 0 Å². The van der Waals surface area contributed by atoms with E-state index in [1.54, 1.807) is 0 Å². The van der Waals surface area contributed by atoms with Crippen molar-refractivity contribution in [3.8, 4) is 0 Å². The van der Waals surface area contributed by atoms with Gasteiger partial charge in [0, 0.05) is 45.2 Å². The molecule has 2 fully saturated rings. The maximum atomic E-state index is 12.2. The van der Waals surface area contributed by atoms with Crippen molar-refractivity contribution in [3.05, 3.63) is 35.9 Å². The molecular weight excluding hydrogens is 350 g/mol. The Balaban J connectivity index is 1.46. The fourth-order valence-corrected chi connectivity index (χ4v) is 4.08. The van der Waals surface area contributed by atoms with Crippen molar-refractivity contribution in [1.82, 2.24) is 20.4 Å². The third kappa shape index (κ3) is 6.23. The van der Waals surface area contributed by atoms with Crippen molar-refractivity contribution in [1.29, 1.82) is 0 Å². The Morgan fingerprint density at radius 1 is 1.11 bits per heavy atom. The second kappa shape index (κ2) is 11.1. The summed E-state index contributed by atoms with van der Waals surface area (Å²) in [5.41, 5.74) is 1.36. The van der Waals surface area contributed by atoms with Gasteiger partial charge in [-0.25, -0.2) is 0 Å². The van der Waals surface area contributed by atoms with Crippen LogP contribution in [0.2, 0.25) is 0 Å². The standard InChI is InChI=1S/C22H35N5O/c1-2-23-22(24-13-12-21(28)26-14-6-7-15-26)25-17-20-11-8-16-27(20)18-19-9-4-3-5-10-19/h3-5,9-10,20H,2,6-8,11-18H2,1H3,(H2,23,24,25). The van der Waals surface area contributed by atoms with Crippen LogP contribution in [0.5, 0.6) is 0 Å². The molecule has 0 bridgehead atoms. The average molecular weight is 386 g/mol. The van der Waals surface area contributed by atoms with Gasteiger partial charge in [0.2, 0.25) is 5.91 Å². The first-order valence-electron chi connectivity index (χ1n) is 10.8. The van der Waals surface area contributed by atoms with E-state index in [2.05, 4.69) is 52.8 Å². The van der Waals surface area contributed by atoms with Gasteiger partial charge in [-0.05, 0) is 44.7 Å². The lowest BCUT2D eigenvalue weighted by atomic mass is 10.2. The first-order valence-corrected chi connectivity index (χ1v) is 10.8. The van der Waals surface area contributed by atoms with Gasteiger partial charge in [0.25, 0.3) is 0 Å². The Labute approximate surface area is 169 Å². The molecule has 2 heterocycles. The van der Waals surface area contributed by atoms with Crippen molar-refractivity contribution in [2.75, 3.05) is 39.3 Å². The molecule has 1 amide bonds. The van der Waals surface area contributed by atoms with Crippen molar-refractivity contribution in [3.63, 3.8) is 0 Å². The van der Waals surface area contributed by atoms with E-state index in [1.807, 2.05) is 4.90 Å². The summed E-state index contributed by atoms with van der Waals surface area (Å²) in [6, 6.07) is 11.2. The lowest BCUT2D eigenvalue weighted by Crippen LogP contribution is -2.41. The molecule has 2 aliphatic heterocycles. The molecule has 1 atom stereocenters. The molecule has 154 valence electrons. The quantitative estimate of drug-likeness (QED) is 0.532. The summed E-state index contributed by atoms with van der Waals surface area (Å²) >= 11 is 0. The van der Waals surface area contributed by atoms with Crippen LogP contribution in [0.3, 0.4) is 0 Å². The van der Waals surface area contributed by atoms with E-state index in [0.717, 1.165) is 58.1 Å². The van der Waals surface area contributed by atoms with Crippen molar-refractivity contribution in [2.45, 2.75) is 51.6 Å². The van der Waals surface area contributed by atoms with Gasteiger partial charge in [-0.3, -0.25) is 14.7 Å². The number of likely N-dealkylation sites (tertiary alicyclic amines) is 2. The van der Waals surface area contributed by atoms with Crippen LogP contribution < -0.4 is 10.6 Å². The van der Waals surface area contributed by atoms with E-state index in [1.165, 1.54) is 18.4 Å². The predicted octanol–water partition coefficient (Wildman–Crippen LogP) is 2.22. The van der Waals surface area contributed by atoms with Crippen molar-refractivity contribution < 1.29 is 4.79 Å². The molecule has 2 saturated heterocycles. The summed E-state index contributed by atoms with van der Waals surface area (Å²) in [7, 11) is 0. The highest BCUT2D eigenvalue weighted by Crippen LogP contribution is 2.20. The van der Waals surface area contributed by atoms with Gasteiger partial charge in [-0.2, -0.15) is 0 Å². The third-order valence-corrected chi connectivity index (χ3v) is 5.62. The Hall–Kier alpha value is -2.08. The number of carbonyl (C=O) groups excluding carboxylic acids is 1. The van der Waals surface area contributed by atoms with Crippen LogP contribution in [-0.2, 0) is 11.3 Å². The first kappa shape index (κ1) is 20.6. The van der Waals surface area contributed by atoms with Crippen LogP contribution in [0.1, 0.15) is 44.6 Å². The molecule has 2 N–H and O–H groups in total. The fourth-order valence-electron chi connectivity index (χ4n) is 4.08. The molecule has 6 nitrogen and oxygen atoms in total. The zero-order valence-electron chi connectivity index (χ0n) is 17.2. The van der Waals surface area contributed by atoms with Crippen LogP contribution in [-0.4, -0.2) is 67.0 Å². The molecule has 0 saturated carbocycles. The van der Waals surface area contributed by atoms with Crippen LogP contribution in [0.25, 0.3) is 0 Å². The van der Waals surface area contributed by atoms with Crippen molar-refractivity contribution in [2.24, 2.45) is 4.99 Å². The van der Waals surface area contributed by atoms with Gasteiger partial charge in [0.1, 0.15) is 0 Å². The minimum Gasteiger partial charge on any atom is -0.357 e. The zero-order chi connectivity index (χ0) is 19.6. The largest absolute Gasteiger partial charge is 0.357 e. The van der Waals surface area contributed by atoms with Gasteiger partial charge >= 0.3 is 0 Å². The molecule has 0 radical (unpaired) electrons. The Morgan fingerprint density at radius 3 is 2.64 bits per heavy atom. The van der Waals surface area contributed by atoms with Gasteiger partial charge in [0.15, 0.2) is 5.96 Å². The number of guanidine groups is 1. The highest BCUT2D eigenvalue weighted by Gasteiger charge is 2.24. The summed E-state index contributed by atoms with van der Waals surface area (Å²) in [4.78, 5) is 21.5. The number of carbonyl (C=O) groups is 1. The van der Waals surface area contributed by atoms with Crippen LogP contribution >= 0.6 is 0 Å². The number of rotatable bonds is 8. The number of hydrogen-bond acceptors (Lipinski definition) is 3. The van der Waals surface area contributed by atoms with E-state index in [0.29, 0.717) is 19.0 Å². The lowest BCUT2D eigenvalue weighted by molar-refractivity contribution is -0.129. The van der Waals surface area contributed by atoms with Gasteiger partial charge in [-0.15, -0.1) is 0 Å². The molecule has 28 heavy (non-hydrogen) atoms. The minimum absolute atomic E-state index is 0.255. The molecule has 1 aromatic rings. The van der Waals surface area contributed by atoms with Crippen molar-refractivity contribution >= 4 is 11.9 Å². The summed E-state index contributed by atoms with van der Waals surface area (Å²) in [5, 5.41) is 6.65. The molecular formula is C22H35N5O. The van der Waals surface area contributed by atoms with E-state index in [-0.39, 0.29) is 5.91 Å². The van der Waals surface area contributed by atoms with Gasteiger partial charge < -0.3 is 15.5 Å². The van der Waals surface area contributed by atoms with E-state index >= 15 is 0 Å². The smallest absolute Gasteiger partial charge is 0.224 e. The Bertz CT molecular complexity index is 627. The molecule has 0 aliphatic carbocycles. The highest BCUT2D eigenvalue weighted by molar-refractivity contribution is 5.81. The summed E-state index contributed by atoms with van der Waals surface area (Å²) in [5.74, 6) is 1.08. The Kier molecular flexibility index (Phi) is 8.15. The van der Waals surface area contributed by atoms with Crippen LogP contribution in [0, 0.1) is 0 Å². The fraction of sp³-hybridized carbons (Fsp3) is 0.636. The maximum absolute atomic E-state index is 12.2. The monoisotopic (exact) mass is 385 g/mol. The SMILES string of the molecule is CCNC(=NCC1CCCN1Cc1ccccc1)NCCC(=O)N1CCCC1. The summed E-state index contributed by atoms with van der Waals surface area (Å²) in [6.45, 7) is 8.31. The predicted molar refractivity (Wildman–Crippen MR) is 114 cm³/mol. The zero-order valence-corrected chi connectivity index (χ0v) is 17.2. The second-order valence-electron chi connectivity index (χ2n) is 7.74. The molecule has 2 aliphatic rings. The summed E-state index contributed by atoms with van der Waals surface area (Å²) < 4.78 is 0. The number of benzene rings is 1. The number of nitrogens with zero attached hydrogens (tertiary/aromatic N) is 3. The molecule has 6 heteroatoms. The highest BCUT2D eigenvalue weighted by atomic mass is 16.2. The van der Waals surface area contributed by atoms with Gasteiger partial charge in [0.05, 0.1) is 6.54 Å². The summed E-state index contributed by atoms with van der Waals surface area (Å²) in [6.07, 6.45) is 5.26. The average Bonchev–Trinajstić information content (AvgIpc) is 3.39. The normalized spacial score (nSPS) is 20.5. The Morgan fingerprint density at radius 2 is 1.89 bits per heavy atom. The molecule has 0 aromatic heterocycles. The number of aliphatic imine (C=N–C) groups is 1. The second-order valence-corrected chi connectivity index (χ2v) is 7.74. The van der Waals surface area contributed by atoms with Crippen LogP contribution in [0.15, 0.2) is 35.3 Å². The topological polar surface area (TPSA) is 60.0 Å². The third-order valence-electron chi connectivity index (χ3n) is 5.62. The van der Waals surface area contributed by atoms with E-state index in [4.69, 9.17) is 4.99 Å². The minimum atomic E-state index is 0.255. The maximum Gasteiger partial charge on any atom is 0.224 e. The van der Waals surface area contributed by atoms with E-state index < -0.39 is 0 Å². The van der Waals surface area contributed by atoms with E-state index in [9.17, 15) is 4.79 Å². The lowest BCUT2D eigenvalue weighted by Gasteiger charge is -2.23. The van der Waals surface area contributed by atoms with Gasteiger partial charge in [-0.1, -0.05) is 30.3 Å². The molecule has 0 spiro atoms. The molecule has 3 rings (SSSR count). The number of nitrogens with one attached hydrogen (secondary N) is 2. The molecule has 1 aromatic carbocycles. The number of amides is 1.